The lowest BCUT2D eigenvalue weighted by molar-refractivity contribution is 0.0671. The molecule has 2 aliphatic heterocycles. The second kappa shape index (κ2) is 6.40. The van der Waals surface area contributed by atoms with E-state index in [1.807, 2.05) is 25.4 Å². The first kappa shape index (κ1) is 15.4. The van der Waals surface area contributed by atoms with Crippen LogP contribution in [0.1, 0.15) is 47.8 Å². The van der Waals surface area contributed by atoms with Gasteiger partial charge in [-0.3, -0.25) is 9.48 Å². The van der Waals surface area contributed by atoms with Crippen LogP contribution in [0.5, 0.6) is 0 Å². The molecule has 2 aromatic rings. The number of carbonyl (C=O) groups excluding carboxylic acids is 1. The number of rotatable bonds is 2. The number of hydrogen-bond acceptors (Lipinski definition) is 3. The smallest absolute Gasteiger partial charge is 0.274 e. The van der Waals surface area contributed by atoms with E-state index in [1.165, 1.54) is 12.0 Å². The van der Waals surface area contributed by atoms with E-state index in [0.29, 0.717) is 17.8 Å². The molecule has 1 amide bonds. The Balaban J connectivity index is 1.57. The van der Waals surface area contributed by atoms with Crippen LogP contribution in [0, 0.1) is 0 Å². The zero-order chi connectivity index (χ0) is 16.5. The SMILES string of the molecule is Cn1ccc(C(=O)N2CCCC[C@@H]3N[C@H](c4ccccc4)C[C@H]32)n1. The molecule has 0 aliphatic carbocycles. The molecule has 2 fully saturated rings. The lowest BCUT2D eigenvalue weighted by Crippen LogP contribution is -2.45. The van der Waals surface area contributed by atoms with Crippen LogP contribution in [-0.4, -0.2) is 39.2 Å². The summed E-state index contributed by atoms with van der Waals surface area (Å²) in [6.07, 6.45) is 6.19. The van der Waals surface area contributed by atoms with Gasteiger partial charge in [-0.2, -0.15) is 5.10 Å². The van der Waals surface area contributed by atoms with E-state index in [9.17, 15) is 4.79 Å². The molecule has 1 N–H and O–H groups in total. The molecule has 4 rings (SSSR count). The Bertz CT molecular complexity index is 711. The van der Waals surface area contributed by atoms with Crippen molar-refractivity contribution in [2.24, 2.45) is 7.05 Å². The number of nitrogens with zero attached hydrogens (tertiary/aromatic N) is 3. The van der Waals surface area contributed by atoms with Gasteiger partial charge in [0.25, 0.3) is 5.91 Å². The summed E-state index contributed by atoms with van der Waals surface area (Å²) in [5.41, 5.74) is 1.87. The van der Waals surface area contributed by atoms with Crippen LogP contribution in [0.2, 0.25) is 0 Å². The van der Waals surface area contributed by atoms with Crippen molar-refractivity contribution >= 4 is 5.91 Å². The second-order valence-corrected chi connectivity index (χ2v) is 6.91. The lowest BCUT2D eigenvalue weighted by Gasteiger charge is -2.29. The molecule has 1 aromatic carbocycles. The Morgan fingerprint density at radius 3 is 2.79 bits per heavy atom. The summed E-state index contributed by atoms with van der Waals surface area (Å²) < 4.78 is 1.70. The number of carbonyl (C=O) groups is 1. The molecule has 3 atom stereocenters. The number of likely N-dealkylation sites (tertiary alicyclic amines) is 1. The van der Waals surface area contributed by atoms with E-state index in [-0.39, 0.29) is 11.9 Å². The summed E-state index contributed by atoms with van der Waals surface area (Å²) in [7, 11) is 1.85. The summed E-state index contributed by atoms with van der Waals surface area (Å²) in [5, 5.41) is 8.08. The molecule has 24 heavy (non-hydrogen) atoms. The molecule has 0 unspecified atom stereocenters. The molecule has 2 saturated heterocycles. The standard InChI is InChI=1S/C19H24N4O/c1-22-12-10-16(21-22)19(24)23-11-6-5-9-15-18(23)13-17(20-15)14-7-3-2-4-8-14/h2-4,7-8,10,12,15,17-18,20H,5-6,9,11,13H2,1H3/t15-,17-,18+/m0/s1. The molecule has 3 heterocycles. The fourth-order valence-corrected chi connectivity index (χ4v) is 4.12. The van der Waals surface area contributed by atoms with Gasteiger partial charge in [0.1, 0.15) is 5.69 Å². The zero-order valence-corrected chi connectivity index (χ0v) is 14.1. The third-order valence-electron chi connectivity index (χ3n) is 5.32. The molecule has 1 aromatic heterocycles. The Labute approximate surface area is 142 Å². The number of amides is 1. The van der Waals surface area contributed by atoms with Crippen LogP contribution in [-0.2, 0) is 7.05 Å². The molecule has 5 heteroatoms. The van der Waals surface area contributed by atoms with Crippen molar-refractivity contribution < 1.29 is 4.79 Å². The normalized spacial score (nSPS) is 26.9. The van der Waals surface area contributed by atoms with Crippen LogP contribution >= 0.6 is 0 Å². The maximum atomic E-state index is 13.0. The predicted molar refractivity (Wildman–Crippen MR) is 92.6 cm³/mol. The molecule has 0 saturated carbocycles. The van der Waals surface area contributed by atoms with Gasteiger partial charge in [0.05, 0.1) is 0 Å². The molecular formula is C19H24N4O. The fourth-order valence-electron chi connectivity index (χ4n) is 4.12. The number of aryl methyl sites for hydroxylation is 1. The molecule has 5 nitrogen and oxygen atoms in total. The zero-order valence-electron chi connectivity index (χ0n) is 14.1. The van der Waals surface area contributed by atoms with Crippen molar-refractivity contribution in [1.29, 1.82) is 0 Å². The largest absolute Gasteiger partial charge is 0.333 e. The summed E-state index contributed by atoms with van der Waals surface area (Å²) in [5.74, 6) is 0.0722. The summed E-state index contributed by atoms with van der Waals surface area (Å²) in [6.45, 7) is 0.833. The van der Waals surface area contributed by atoms with Gasteiger partial charge >= 0.3 is 0 Å². The predicted octanol–water partition coefficient (Wildman–Crippen LogP) is 2.52. The average Bonchev–Trinajstić information content (AvgIpc) is 3.17. The number of hydrogen-bond donors (Lipinski definition) is 1. The Morgan fingerprint density at radius 1 is 1.21 bits per heavy atom. The van der Waals surface area contributed by atoms with Crippen LogP contribution in [0.3, 0.4) is 0 Å². The van der Waals surface area contributed by atoms with Gasteiger partial charge < -0.3 is 10.2 Å². The van der Waals surface area contributed by atoms with E-state index >= 15 is 0 Å². The van der Waals surface area contributed by atoms with Crippen molar-refractivity contribution in [3.63, 3.8) is 0 Å². The maximum absolute atomic E-state index is 13.0. The number of fused-ring (bicyclic) bond motifs is 1. The Kier molecular flexibility index (Phi) is 4.10. The van der Waals surface area contributed by atoms with Gasteiger partial charge in [-0.15, -0.1) is 0 Å². The maximum Gasteiger partial charge on any atom is 0.274 e. The molecule has 2 aliphatic rings. The quantitative estimate of drug-likeness (QED) is 0.923. The van der Waals surface area contributed by atoms with Gasteiger partial charge in [0.15, 0.2) is 0 Å². The summed E-state index contributed by atoms with van der Waals surface area (Å²) >= 11 is 0. The Hall–Kier alpha value is -2.14. The van der Waals surface area contributed by atoms with E-state index in [2.05, 4.69) is 39.6 Å². The minimum absolute atomic E-state index is 0.0722. The molecule has 0 bridgehead atoms. The first-order chi connectivity index (χ1) is 11.7. The monoisotopic (exact) mass is 324 g/mol. The van der Waals surface area contributed by atoms with Gasteiger partial charge in [0.2, 0.25) is 0 Å². The molecule has 0 spiro atoms. The highest BCUT2D eigenvalue weighted by Gasteiger charge is 2.41. The average molecular weight is 324 g/mol. The highest BCUT2D eigenvalue weighted by molar-refractivity contribution is 5.92. The van der Waals surface area contributed by atoms with Crippen molar-refractivity contribution in [3.05, 3.63) is 53.9 Å². The molecular weight excluding hydrogens is 300 g/mol. The highest BCUT2D eigenvalue weighted by Crippen LogP contribution is 2.34. The van der Waals surface area contributed by atoms with Crippen molar-refractivity contribution in [3.8, 4) is 0 Å². The lowest BCUT2D eigenvalue weighted by atomic mass is 10.0. The van der Waals surface area contributed by atoms with E-state index in [0.717, 1.165) is 25.8 Å². The van der Waals surface area contributed by atoms with Gasteiger partial charge in [-0.25, -0.2) is 0 Å². The number of aromatic nitrogens is 2. The van der Waals surface area contributed by atoms with Crippen molar-refractivity contribution in [2.45, 2.75) is 43.8 Å². The molecule has 126 valence electrons. The van der Waals surface area contributed by atoms with Crippen LogP contribution < -0.4 is 5.32 Å². The third kappa shape index (κ3) is 2.84. The van der Waals surface area contributed by atoms with Gasteiger partial charge in [0, 0.05) is 37.9 Å². The van der Waals surface area contributed by atoms with E-state index < -0.39 is 0 Å². The first-order valence-corrected chi connectivity index (χ1v) is 8.84. The first-order valence-electron chi connectivity index (χ1n) is 8.84. The summed E-state index contributed by atoms with van der Waals surface area (Å²) in [6, 6.07) is 13.4. The van der Waals surface area contributed by atoms with E-state index in [1.54, 1.807) is 4.68 Å². The molecule has 0 radical (unpaired) electrons. The minimum Gasteiger partial charge on any atom is -0.333 e. The second-order valence-electron chi connectivity index (χ2n) is 6.91. The van der Waals surface area contributed by atoms with Gasteiger partial charge in [-0.1, -0.05) is 36.8 Å². The number of nitrogens with one attached hydrogen (secondary N) is 1. The van der Waals surface area contributed by atoms with Crippen LogP contribution in [0.25, 0.3) is 0 Å². The van der Waals surface area contributed by atoms with Crippen molar-refractivity contribution in [2.75, 3.05) is 6.54 Å². The van der Waals surface area contributed by atoms with Crippen LogP contribution in [0.4, 0.5) is 0 Å². The topological polar surface area (TPSA) is 50.2 Å². The summed E-state index contributed by atoms with van der Waals surface area (Å²) in [4.78, 5) is 15.0. The third-order valence-corrected chi connectivity index (χ3v) is 5.32. The Morgan fingerprint density at radius 2 is 2.04 bits per heavy atom. The van der Waals surface area contributed by atoms with Gasteiger partial charge in [-0.05, 0) is 30.9 Å². The van der Waals surface area contributed by atoms with Crippen LogP contribution in [0.15, 0.2) is 42.6 Å². The van der Waals surface area contributed by atoms with Crippen molar-refractivity contribution in [1.82, 2.24) is 20.0 Å². The van der Waals surface area contributed by atoms with E-state index in [4.69, 9.17) is 0 Å². The minimum atomic E-state index is 0.0722. The number of benzene rings is 1. The highest BCUT2D eigenvalue weighted by atomic mass is 16.2. The fraction of sp³-hybridized carbons (Fsp3) is 0.474.